The Hall–Kier alpha value is -2.52. The van der Waals surface area contributed by atoms with Gasteiger partial charge in [-0.15, -0.1) is 5.56 Å². The summed E-state index contributed by atoms with van der Waals surface area (Å²) in [5.41, 5.74) is 4.31. The van der Waals surface area contributed by atoms with Crippen molar-refractivity contribution in [1.82, 2.24) is 4.98 Å². The zero-order valence-electron chi connectivity index (χ0n) is 17.6. The summed E-state index contributed by atoms with van der Waals surface area (Å²) < 4.78 is 22.5. The molecule has 0 unspecified atom stereocenters. The molecule has 166 valence electrons. The van der Waals surface area contributed by atoms with E-state index in [-0.39, 0.29) is 27.2 Å². The first-order valence-electron chi connectivity index (χ1n) is 8.64. The van der Waals surface area contributed by atoms with Gasteiger partial charge in [0.2, 0.25) is 5.75 Å². The fourth-order valence-corrected chi connectivity index (χ4v) is 3.09. The average molecular weight is 614 g/mol. The zero-order chi connectivity index (χ0) is 20.8. The fourth-order valence-electron chi connectivity index (χ4n) is 3.09. The summed E-state index contributed by atoms with van der Waals surface area (Å²) in [6.07, 6.45) is 1.78. The molecule has 0 saturated carbocycles. The predicted molar refractivity (Wildman–Crippen MR) is 121 cm³/mol. The maximum Gasteiger partial charge on any atom is 0.203 e. The molecular formula is C23H23N2O4OsS-3. The largest absolute Gasteiger partial charge is 0.709 e. The molecule has 0 spiro atoms. The van der Waals surface area contributed by atoms with Crippen LogP contribution in [0.5, 0.6) is 17.2 Å². The second-order valence-corrected chi connectivity index (χ2v) is 5.89. The van der Waals surface area contributed by atoms with Gasteiger partial charge in [0.15, 0.2) is 11.5 Å². The number of hydrogen-bond donors (Lipinski definition) is 1. The normalized spacial score (nSPS) is 9.58. The first kappa shape index (κ1) is 26.5. The molecule has 8 heteroatoms. The molecule has 4 rings (SSSR count). The molecule has 31 heavy (non-hydrogen) atoms. The van der Waals surface area contributed by atoms with E-state index >= 15 is 0 Å². The van der Waals surface area contributed by atoms with Crippen LogP contribution in [0, 0.1) is 13.5 Å². The van der Waals surface area contributed by atoms with Crippen molar-refractivity contribution in [2.45, 2.75) is 0 Å². The first-order chi connectivity index (χ1) is 14.2. The van der Waals surface area contributed by atoms with Crippen LogP contribution >= 0.6 is 0 Å². The van der Waals surface area contributed by atoms with Gasteiger partial charge in [-0.1, -0.05) is 0 Å². The smallest absolute Gasteiger partial charge is 0.203 e. The molecule has 0 fully saturated rings. The number of benzene rings is 2. The third-order valence-corrected chi connectivity index (χ3v) is 4.38. The number of aromatic nitrogens is 1. The van der Waals surface area contributed by atoms with Gasteiger partial charge in [-0.25, -0.2) is 0 Å². The molecule has 2 heterocycles. The summed E-state index contributed by atoms with van der Waals surface area (Å²) in [6, 6.07) is 18.4. The van der Waals surface area contributed by atoms with Crippen molar-refractivity contribution in [3.8, 4) is 39.7 Å². The van der Waals surface area contributed by atoms with Crippen LogP contribution < -0.4 is 19.3 Å². The zero-order valence-corrected chi connectivity index (χ0v) is 21.0. The minimum atomic E-state index is 0. The quantitative estimate of drug-likeness (QED) is 0.255. The van der Waals surface area contributed by atoms with E-state index in [2.05, 4.69) is 29.0 Å². The van der Waals surface area contributed by atoms with Crippen LogP contribution in [0.4, 0.5) is 0 Å². The van der Waals surface area contributed by atoms with Gasteiger partial charge in [0.05, 0.1) is 21.3 Å². The molecule has 0 saturated heterocycles. The minimum Gasteiger partial charge on any atom is -0.709 e. The van der Waals surface area contributed by atoms with E-state index in [4.69, 9.17) is 18.6 Å². The summed E-state index contributed by atoms with van der Waals surface area (Å²) in [6.45, 7) is 0. The van der Waals surface area contributed by atoms with Crippen LogP contribution in [-0.4, -0.2) is 26.3 Å². The maximum atomic E-state index is 6.18. The molecule has 0 bridgehead atoms. The van der Waals surface area contributed by atoms with Crippen LogP contribution in [0.15, 0.2) is 59.1 Å². The Morgan fingerprint density at radius 3 is 2.19 bits per heavy atom. The minimum absolute atomic E-state index is 0. The second-order valence-electron chi connectivity index (χ2n) is 5.89. The molecule has 2 aromatic carbocycles. The van der Waals surface area contributed by atoms with E-state index < -0.39 is 0 Å². The predicted octanol–water partition coefficient (Wildman–Crippen LogP) is 4.84. The number of furan rings is 1. The van der Waals surface area contributed by atoms with Crippen LogP contribution in [0.1, 0.15) is 0 Å². The number of ether oxygens (including phenoxy) is 3. The number of pyridine rings is 1. The monoisotopic (exact) mass is 615 g/mol. The van der Waals surface area contributed by atoms with Gasteiger partial charge in [0.1, 0.15) is 16.9 Å². The third kappa shape index (κ3) is 5.40. The first-order valence-corrected chi connectivity index (χ1v) is 9.11. The van der Waals surface area contributed by atoms with E-state index in [0.717, 1.165) is 27.8 Å². The van der Waals surface area contributed by atoms with Crippen LogP contribution in [-0.2, 0) is 32.6 Å². The van der Waals surface area contributed by atoms with E-state index in [9.17, 15) is 0 Å². The van der Waals surface area contributed by atoms with Crippen molar-refractivity contribution in [3.05, 3.63) is 68.2 Å². The van der Waals surface area contributed by atoms with Crippen LogP contribution in [0.3, 0.4) is 0 Å². The van der Waals surface area contributed by atoms with Gasteiger partial charge in [0, 0.05) is 37.6 Å². The Bertz CT molecular complexity index is 1080. The second kappa shape index (κ2) is 12.4. The van der Waals surface area contributed by atoms with Crippen molar-refractivity contribution < 1.29 is 38.4 Å². The number of hydrogen-bond acceptors (Lipinski definition) is 7. The van der Waals surface area contributed by atoms with Gasteiger partial charge >= 0.3 is 0 Å². The van der Waals surface area contributed by atoms with Gasteiger partial charge in [0.25, 0.3) is 0 Å². The summed E-state index contributed by atoms with van der Waals surface area (Å²) >= 11 is 3.58. The molecule has 0 aliphatic carbocycles. The molecular weight excluding hydrogens is 591 g/mol. The molecule has 0 aliphatic rings. The number of nitrogens with two attached hydrogens (primary N) is 1. The molecule has 2 N–H and O–H groups in total. The van der Waals surface area contributed by atoms with Crippen molar-refractivity contribution in [2.24, 2.45) is 5.14 Å². The maximum absolute atomic E-state index is 6.18. The standard InChI is InChI=1S/C22H18NO4.CH3.H2NS.Os/c1-24-19-11-15(12-20(25-2)22(19)26-3)18-13-17-21(27-18)16(9-10-23-17)14-7-5-4-6-8-14;;1-2;/h4-5,7-13H,1-3H3;1H3;1H2;/q3*-1;. The Morgan fingerprint density at radius 1 is 0.968 bits per heavy atom. The van der Waals surface area contributed by atoms with Crippen LogP contribution in [0.25, 0.3) is 33.6 Å². The third-order valence-electron chi connectivity index (χ3n) is 4.38. The molecule has 0 atom stereocenters. The van der Waals surface area contributed by atoms with E-state index in [1.54, 1.807) is 27.5 Å². The molecule has 4 aromatic rings. The molecule has 0 radical (unpaired) electrons. The van der Waals surface area contributed by atoms with E-state index in [1.165, 1.54) is 0 Å². The number of fused-ring (bicyclic) bond motifs is 1. The Morgan fingerprint density at radius 2 is 1.65 bits per heavy atom. The summed E-state index contributed by atoms with van der Waals surface area (Å²) in [7, 11) is 4.75. The SMILES string of the molecule is COc1cc(-c2cc3nccc(-c4c[c-]ccc4)c3o2)cc(OC)c1OC.N[S-].[CH3-].[Os]. The number of methoxy groups -OCH3 is 3. The summed E-state index contributed by atoms with van der Waals surface area (Å²) in [5.74, 6) is 2.35. The van der Waals surface area contributed by atoms with Gasteiger partial charge < -0.3 is 44.0 Å². The molecule has 0 amide bonds. The van der Waals surface area contributed by atoms with Crippen molar-refractivity contribution >= 4 is 23.9 Å². The van der Waals surface area contributed by atoms with E-state index in [0.29, 0.717) is 23.0 Å². The molecule has 0 aliphatic heterocycles. The van der Waals surface area contributed by atoms with Crippen molar-refractivity contribution in [1.29, 1.82) is 0 Å². The number of rotatable bonds is 5. The van der Waals surface area contributed by atoms with Crippen LogP contribution in [0.2, 0.25) is 0 Å². The van der Waals surface area contributed by atoms with Crippen molar-refractivity contribution in [2.75, 3.05) is 21.3 Å². The van der Waals surface area contributed by atoms with Gasteiger partial charge in [-0.2, -0.15) is 30.3 Å². The fraction of sp³-hybridized carbons (Fsp3) is 0.130. The Kier molecular flexibility index (Phi) is 10.6. The van der Waals surface area contributed by atoms with Gasteiger partial charge in [-0.05, 0) is 23.8 Å². The Balaban J connectivity index is 0.00000117. The topological polar surface area (TPSA) is 79.7 Å². The van der Waals surface area contributed by atoms with Crippen molar-refractivity contribution in [3.63, 3.8) is 0 Å². The average Bonchev–Trinajstić information content (AvgIpc) is 3.24. The number of nitrogens with zero attached hydrogens (tertiary/aromatic N) is 1. The van der Waals surface area contributed by atoms with Gasteiger partial charge in [-0.3, -0.25) is 4.98 Å². The Labute approximate surface area is 201 Å². The van der Waals surface area contributed by atoms with E-state index in [1.807, 2.05) is 48.5 Å². The summed E-state index contributed by atoms with van der Waals surface area (Å²) in [4.78, 5) is 4.44. The molecule has 6 nitrogen and oxygen atoms in total. The summed E-state index contributed by atoms with van der Waals surface area (Å²) in [5, 5.41) is 4.08. The molecule has 2 aromatic heterocycles.